The van der Waals surface area contributed by atoms with Crippen molar-refractivity contribution < 1.29 is 9.53 Å². The third kappa shape index (κ3) is 3.40. The number of rotatable bonds is 5. The Labute approximate surface area is 133 Å². The fourth-order valence-electron chi connectivity index (χ4n) is 3.55. The molecule has 1 saturated heterocycles. The van der Waals surface area contributed by atoms with Gasteiger partial charge in [0.15, 0.2) is 0 Å². The second-order valence-corrected chi connectivity index (χ2v) is 6.28. The van der Waals surface area contributed by atoms with Crippen molar-refractivity contribution in [1.82, 2.24) is 9.80 Å². The normalized spacial score (nSPS) is 21.3. The molecule has 3 rings (SSSR count). The highest BCUT2D eigenvalue weighted by Crippen LogP contribution is 2.26. The summed E-state index contributed by atoms with van der Waals surface area (Å²) in [6.07, 6.45) is 3.38. The Hall–Kier alpha value is -1.23. The second-order valence-electron chi connectivity index (χ2n) is 6.28. The first-order chi connectivity index (χ1) is 10.8. The van der Waals surface area contributed by atoms with Crippen molar-refractivity contribution in [3.05, 3.63) is 34.9 Å². The summed E-state index contributed by atoms with van der Waals surface area (Å²) in [4.78, 5) is 16.4. The van der Waals surface area contributed by atoms with Gasteiger partial charge in [-0.05, 0) is 36.1 Å². The van der Waals surface area contributed by atoms with Crippen LogP contribution in [-0.2, 0) is 22.5 Å². The van der Waals surface area contributed by atoms with Crippen molar-refractivity contribution in [3.8, 4) is 0 Å². The Bertz CT molecular complexity index is 512. The van der Waals surface area contributed by atoms with Gasteiger partial charge < -0.3 is 9.53 Å². The molecule has 0 bridgehead atoms. The van der Waals surface area contributed by atoms with Gasteiger partial charge in [0.1, 0.15) is 6.29 Å². The summed E-state index contributed by atoms with van der Waals surface area (Å²) in [5.74, 6) is 0. The van der Waals surface area contributed by atoms with Gasteiger partial charge in [0.05, 0.1) is 19.3 Å². The minimum Gasteiger partial charge on any atom is -0.379 e. The number of benzene rings is 1. The fraction of sp³-hybridized carbons (Fsp3) is 0.611. The molecular weight excluding hydrogens is 276 g/mol. The zero-order valence-electron chi connectivity index (χ0n) is 13.5. The zero-order chi connectivity index (χ0) is 15.4. The Balaban J connectivity index is 1.76. The summed E-state index contributed by atoms with van der Waals surface area (Å²) in [6.45, 7) is 8.71. The smallest absolute Gasteiger partial charge is 0.141 e. The van der Waals surface area contributed by atoms with E-state index in [9.17, 15) is 4.79 Å². The van der Waals surface area contributed by atoms with Gasteiger partial charge in [-0.15, -0.1) is 0 Å². The van der Waals surface area contributed by atoms with E-state index in [1.165, 1.54) is 24.1 Å². The zero-order valence-corrected chi connectivity index (χ0v) is 13.5. The number of carbonyl (C=O) groups is 1. The van der Waals surface area contributed by atoms with Crippen LogP contribution in [0.15, 0.2) is 18.2 Å². The standard InChI is InChI=1S/C18H26N2O2/c1-2-6-19-7-5-15-12-16(3-4-17(15)13-19)18(14-21)20-8-10-22-11-9-20/h3-4,12,14,18H,2,5-11,13H2,1H3. The number of morpholine rings is 1. The molecule has 1 unspecified atom stereocenters. The van der Waals surface area contributed by atoms with Crippen molar-refractivity contribution in [2.45, 2.75) is 32.4 Å². The van der Waals surface area contributed by atoms with Crippen LogP contribution in [0, 0.1) is 0 Å². The van der Waals surface area contributed by atoms with E-state index in [-0.39, 0.29) is 6.04 Å². The minimum absolute atomic E-state index is 0.122. The molecule has 0 spiro atoms. The van der Waals surface area contributed by atoms with Crippen LogP contribution in [0.4, 0.5) is 0 Å². The summed E-state index contributed by atoms with van der Waals surface area (Å²) in [5, 5.41) is 0. The van der Waals surface area contributed by atoms with Crippen LogP contribution in [-0.4, -0.2) is 55.5 Å². The lowest BCUT2D eigenvalue weighted by Gasteiger charge is -2.33. The molecule has 0 aliphatic carbocycles. The van der Waals surface area contributed by atoms with E-state index in [1.807, 2.05) is 0 Å². The topological polar surface area (TPSA) is 32.8 Å². The van der Waals surface area contributed by atoms with Gasteiger partial charge in [-0.2, -0.15) is 0 Å². The van der Waals surface area contributed by atoms with Gasteiger partial charge in [0.2, 0.25) is 0 Å². The number of nitrogens with zero attached hydrogens (tertiary/aromatic N) is 2. The highest BCUT2D eigenvalue weighted by atomic mass is 16.5. The maximum absolute atomic E-state index is 11.6. The monoisotopic (exact) mass is 302 g/mol. The first-order valence-corrected chi connectivity index (χ1v) is 8.43. The SMILES string of the molecule is CCCN1CCc2cc(C(C=O)N3CCOCC3)ccc2C1. The lowest BCUT2D eigenvalue weighted by atomic mass is 9.94. The summed E-state index contributed by atoms with van der Waals surface area (Å²) < 4.78 is 5.39. The summed E-state index contributed by atoms with van der Waals surface area (Å²) in [7, 11) is 0. The van der Waals surface area contributed by atoms with Crippen molar-refractivity contribution in [3.63, 3.8) is 0 Å². The van der Waals surface area contributed by atoms with E-state index in [4.69, 9.17) is 4.74 Å². The molecule has 0 saturated carbocycles. The molecule has 0 aromatic heterocycles. The Morgan fingerprint density at radius 2 is 2.05 bits per heavy atom. The summed E-state index contributed by atoms with van der Waals surface area (Å²) in [5.41, 5.74) is 3.99. The Morgan fingerprint density at radius 3 is 2.77 bits per heavy atom. The molecule has 0 N–H and O–H groups in total. The number of aldehydes is 1. The molecular formula is C18H26N2O2. The van der Waals surface area contributed by atoms with Crippen LogP contribution in [0.5, 0.6) is 0 Å². The molecule has 2 aliphatic rings. The Morgan fingerprint density at radius 1 is 1.23 bits per heavy atom. The molecule has 120 valence electrons. The first kappa shape index (κ1) is 15.7. The second kappa shape index (κ2) is 7.36. The molecule has 2 aliphatic heterocycles. The molecule has 4 heteroatoms. The highest BCUT2D eigenvalue weighted by Gasteiger charge is 2.24. The lowest BCUT2D eigenvalue weighted by molar-refractivity contribution is -0.114. The van der Waals surface area contributed by atoms with Crippen LogP contribution in [0.1, 0.15) is 36.1 Å². The third-order valence-electron chi connectivity index (χ3n) is 4.77. The fourth-order valence-corrected chi connectivity index (χ4v) is 3.55. The van der Waals surface area contributed by atoms with Crippen LogP contribution in [0.25, 0.3) is 0 Å². The number of fused-ring (bicyclic) bond motifs is 1. The van der Waals surface area contributed by atoms with Gasteiger partial charge in [-0.3, -0.25) is 9.80 Å². The Kier molecular flexibility index (Phi) is 5.24. The van der Waals surface area contributed by atoms with Crippen molar-refractivity contribution >= 4 is 6.29 Å². The maximum atomic E-state index is 11.6. The van der Waals surface area contributed by atoms with Gasteiger partial charge in [-0.1, -0.05) is 25.1 Å². The van der Waals surface area contributed by atoms with Crippen LogP contribution < -0.4 is 0 Å². The van der Waals surface area contributed by atoms with Gasteiger partial charge in [0.25, 0.3) is 0 Å². The quantitative estimate of drug-likeness (QED) is 0.779. The van der Waals surface area contributed by atoms with Gasteiger partial charge in [-0.25, -0.2) is 0 Å². The van der Waals surface area contributed by atoms with Gasteiger partial charge in [0, 0.05) is 26.2 Å². The first-order valence-electron chi connectivity index (χ1n) is 8.43. The highest BCUT2D eigenvalue weighted by molar-refractivity contribution is 5.62. The number of ether oxygens (including phenoxy) is 1. The van der Waals surface area contributed by atoms with E-state index < -0.39 is 0 Å². The third-order valence-corrected chi connectivity index (χ3v) is 4.77. The average molecular weight is 302 g/mol. The molecule has 1 aromatic rings. The molecule has 2 heterocycles. The summed E-state index contributed by atoms with van der Waals surface area (Å²) >= 11 is 0. The van der Waals surface area contributed by atoms with Gasteiger partial charge >= 0.3 is 0 Å². The predicted octanol–water partition coefficient (Wildman–Crippen LogP) is 2.03. The maximum Gasteiger partial charge on any atom is 0.141 e. The van der Waals surface area contributed by atoms with E-state index in [0.717, 1.165) is 57.7 Å². The minimum atomic E-state index is -0.122. The van der Waals surface area contributed by atoms with Crippen molar-refractivity contribution in [2.75, 3.05) is 39.4 Å². The van der Waals surface area contributed by atoms with Crippen LogP contribution in [0.3, 0.4) is 0 Å². The molecule has 0 radical (unpaired) electrons. The molecule has 1 fully saturated rings. The van der Waals surface area contributed by atoms with Crippen molar-refractivity contribution in [1.29, 1.82) is 0 Å². The molecule has 1 aromatic carbocycles. The summed E-state index contributed by atoms with van der Waals surface area (Å²) in [6, 6.07) is 6.50. The lowest BCUT2D eigenvalue weighted by Crippen LogP contribution is -2.39. The molecule has 4 nitrogen and oxygen atoms in total. The van der Waals surface area contributed by atoms with E-state index in [0.29, 0.717) is 0 Å². The number of hydrogen-bond acceptors (Lipinski definition) is 4. The number of carbonyl (C=O) groups excluding carboxylic acids is 1. The van der Waals surface area contributed by atoms with E-state index >= 15 is 0 Å². The molecule has 0 amide bonds. The largest absolute Gasteiger partial charge is 0.379 e. The predicted molar refractivity (Wildman–Crippen MR) is 86.9 cm³/mol. The number of hydrogen-bond donors (Lipinski definition) is 0. The van der Waals surface area contributed by atoms with Crippen molar-refractivity contribution in [2.24, 2.45) is 0 Å². The van der Waals surface area contributed by atoms with E-state index in [2.05, 4.69) is 34.9 Å². The molecule has 22 heavy (non-hydrogen) atoms. The van der Waals surface area contributed by atoms with Crippen LogP contribution in [0.2, 0.25) is 0 Å². The average Bonchev–Trinajstić information content (AvgIpc) is 2.57. The van der Waals surface area contributed by atoms with Crippen LogP contribution >= 0.6 is 0 Å². The molecule has 1 atom stereocenters. The van der Waals surface area contributed by atoms with E-state index in [1.54, 1.807) is 0 Å².